The molecule has 2 aromatic rings. The van der Waals surface area contributed by atoms with Crippen molar-refractivity contribution in [3.8, 4) is 0 Å². The van der Waals surface area contributed by atoms with Crippen LogP contribution in [0.2, 0.25) is 5.02 Å². The third kappa shape index (κ3) is 5.82. The van der Waals surface area contributed by atoms with Crippen LogP contribution >= 0.6 is 22.9 Å². The molecule has 0 fully saturated rings. The molecule has 0 aliphatic carbocycles. The lowest BCUT2D eigenvalue weighted by Crippen LogP contribution is -2.07. The third-order valence-electron chi connectivity index (χ3n) is 3.04. The van der Waals surface area contributed by atoms with Crippen LogP contribution in [0.15, 0.2) is 28.7 Å². The first kappa shape index (κ1) is 19.9. The van der Waals surface area contributed by atoms with Crippen LogP contribution in [0.1, 0.15) is 35.5 Å². The van der Waals surface area contributed by atoms with E-state index in [-0.39, 0.29) is 19.0 Å². The number of anilines is 1. The van der Waals surface area contributed by atoms with Gasteiger partial charge in [0.2, 0.25) is 5.13 Å². The van der Waals surface area contributed by atoms with E-state index < -0.39 is 5.97 Å². The minimum absolute atomic E-state index is 0.126. The maximum absolute atomic E-state index is 11.7. The molecule has 1 N–H and O–H groups in total. The predicted octanol–water partition coefficient (Wildman–Crippen LogP) is 3.52. The van der Waals surface area contributed by atoms with Gasteiger partial charge < -0.3 is 9.47 Å². The summed E-state index contributed by atoms with van der Waals surface area (Å²) < 4.78 is 9.80. The molecule has 2 rings (SSSR count). The molecular formula is C17H18ClN3O4S. The predicted molar refractivity (Wildman–Crippen MR) is 101 cm³/mol. The quantitative estimate of drug-likeness (QED) is 0.418. The van der Waals surface area contributed by atoms with Gasteiger partial charge >= 0.3 is 11.9 Å². The average Bonchev–Trinajstić information content (AvgIpc) is 3.02. The fraction of sp³-hybridized carbons (Fsp3) is 0.294. The van der Waals surface area contributed by atoms with Crippen molar-refractivity contribution in [3.05, 3.63) is 45.4 Å². The summed E-state index contributed by atoms with van der Waals surface area (Å²) in [5.41, 5.74) is 4.42. The highest BCUT2D eigenvalue weighted by atomic mass is 35.5. The topological polar surface area (TPSA) is 89.9 Å². The van der Waals surface area contributed by atoms with E-state index in [1.165, 1.54) is 11.3 Å². The fourth-order valence-electron chi connectivity index (χ4n) is 1.95. The Morgan fingerprint density at radius 3 is 2.77 bits per heavy atom. The van der Waals surface area contributed by atoms with Gasteiger partial charge in [-0.3, -0.25) is 10.2 Å². The Bertz CT molecular complexity index is 807. The van der Waals surface area contributed by atoms with E-state index in [9.17, 15) is 9.59 Å². The van der Waals surface area contributed by atoms with Gasteiger partial charge in [0.1, 0.15) is 0 Å². The summed E-state index contributed by atoms with van der Waals surface area (Å²) in [5, 5.41) is 6.68. The number of hydrazone groups is 1. The molecule has 0 saturated heterocycles. The van der Waals surface area contributed by atoms with Crippen molar-refractivity contribution in [2.24, 2.45) is 5.10 Å². The number of nitrogens with one attached hydrogen (secondary N) is 1. The lowest BCUT2D eigenvalue weighted by Gasteiger charge is -2.04. The third-order valence-corrected chi connectivity index (χ3v) is 4.15. The monoisotopic (exact) mass is 395 g/mol. The zero-order valence-electron chi connectivity index (χ0n) is 14.3. The second-order valence-corrected chi connectivity index (χ2v) is 6.22. The number of nitrogens with zero attached hydrogens (tertiary/aromatic N) is 2. The average molecular weight is 396 g/mol. The number of rotatable bonds is 8. The van der Waals surface area contributed by atoms with Gasteiger partial charge in [-0.05, 0) is 31.5 Å². The Balaban J connectivity index is 1.94. The molecule has 0 atom stereocenters. The first-order chi connectivity index (χ1) is 12.5. The Morgan fingerprint density at radius 1 is 1.31 bits per heavy atom. The Hall–Kier alpha value is -2.45. The number of esters is 2. The van der Waals surface area contributed by atoms with E-state index in [1.54, 1.807) is 43.6 Å². The van der Waals surface area contributed by atoms with Crippen molar-refractivity contribution in [3.63, 3.8) is 0 Å². The largest absolute Gasteiger partial charge is 0.466 e. The van der Waals surface area contributed by atoms with Crippen molar-refractivity contribution in [2.75, 3.05) is 18.6 Å². The van der Waals surface area contributed by atoms with Crippen LogP contribution in [-0.4, -0.2) is 36.4 Å². The molecule has 0 amide bonds. The molecule has 0 unspecified atom stereocenters. The second kappa shape index (κ2) is 9.88. The molecule has 0 aliphatic heterocycles. The van der Waals surface area contributed by atoms with Crippen LogP contribution in [0.25, 0.3) is 0 Å². The second-order valence-electron chi connectivity index (χ2n) is 4.96. The molecule has 26 heavy (non-hydrogen) atoms. The molecule has 1 aromatic carbocycles. The smallest absolute Gasteiger partial charge is 0.339 e. The molecule has 0 bridgehead atoms. The van der Waals surface area contributed by atoms with Crippen molar-refractivity contribution in [1.82, 2.24) is 4.98 Å². The molecule has 0 spiro atoms. The number of halogens is 1. The van der Waals surface area contributed by atoms with Gasteiger partial charge in [0.15, 0.2) is 0 Å². The van der Waals surface area contributed by atoms with Crippen molar-refractivity contribution in [1.29, 1.82) is 0 Å². The lowest BCUT2D eigenvalue weighted by atomic mass is 10.1. The number of hydrogen-bond donors (Lipinski definition) is 1. The van der Waals surface area contributed by atoms with Gasteiger partial charge in [-0.25, -0.2) is 9.78 Å². The number of carbonyl (C=O) groups is 2. The highest BCUT2D eigenvalue weighted by molar-refractivity contribution is 7.13. The maximum Gasteiger partial charge on any atom is 0.339 e. The van der Waals surface area contributed by atoms with Gasteiger partial charge in [0.05, 0.1) is 42.1 Å². The van der Waals surface area contributed by atoms with E-state index in [0.29, 0.717) is 33.6 Å². The first-order valence-electron chi connectivity index (χ1n) is 7.89. The van der Waals surface area contributed by atoms with Crippen LogP contribution in [0.4, 0.5) is 5.13 Å². The highest BCUT2D eigenvalue weighted by Gasteiger charge is 2.11. The fourth-order valence-corrected chi connectivity index (χ4v) is 2.87. The highest BCUT2D eigenvalue weighted by Crippen LogP contribution is 2.19. The summed E-state index contributed by atoms with van der Waals surface area (Å²) in [7, 11) is 0. The van der Waals surface area contributed by atoms with E-state index in [2.05, 4.69) is 15.5 Å². The van der Waals surface area contributed by atoms with E-state index in [4.69, 9.17) is 21.1 Å². The first-order valence-corrected chi connectivity index (χ1v) is 9.15. The number of carbonyl (C=O) groups excluding carboxylic acids is 2. The maximum atomic E-state index is 11.7. The SMILES string of the molecule is CCOC(=O)Cc1csc(NN=Cc2ccc(C(=O)OCC)c(Cl)c2)n1. The van der Waals surface area contributed by atoms with Crippen LogP contribution in [0.3, 0.4) is 0 Å². The molecule has 0 radical (unpaired) electrons. The van der Waals surface area contributed by atoms with Gasteiger partial charge in [-0.2, -0.15) is 5.10 Å². The molecule has 7 nitrogen and oxygen atoms in total. The van der Waals surface area contributed by atoms with Crippen LogP contribution in [0, 0.1) is 0 Å². The molecule has 138 valence electrons. The summed E-state index contributed by atoms with van der Waals surface area (Å²) in [6.07, 6.45) is 1.67. The zero-order valence-corrected chi connectivity index (χ0v) is 15.9. The van der Waals surface area contributed by atoms with E-state index in [1.807, 2.05) is 0 Å². The van der Waals surface area contributed by atoms with Gasteiger partial charge in [-0.15, -0.1) is 11.3 Å². The summed E-state index contributed by atoms with van der Waals surface area (Å²) >= 11 is 7.43. The Morgan fingerprint density at radius 2 is 2.08 bits per heavy atom. The number of aromatic nitrogens is 1. The molecule has 9 heteroatoms. The zero-order chi connectivity index (χ0) is 18.9. The van der Waals surface area contributed by atoms with Crippen molar-refractivity contribution in [2.45, 2.75) is 20.3 Å². The molecule has 1 heterocycles. The molecule has 0 aliphatic rings. The van der Waals surface area contributed by atoms with E-state index >= 15 is 0 Å². The van der Waals surface area contributed by atoms with Crippen LogP contribution in [-0.2, 0) is 20.7 Å². The van der Waals surface area contributed by atoms with Gasteiger partial charge in [0.25, 0.3) is 0 Å². The van der Waals surface area contributed by atoms with Crippen LogP contribution in [0.5, 0.6) is 0 Å². The van der Waals surface area contributed by atoms with Crippen LogP contribution < -0.4 is 5.43 Å². The summed E-state index contributed by atoms with van der Waals surface area (Å²) in [6, 6.07) is 4.91. The van der Waals surface area contributed by atoms with E-state index in [0.717, 1.165) is 0 Å². The van der Waals surface area contributed by atoms with Crippen molar-refractivity contribution >= 4 is 46.2 Å². The summed E-state index contributed by atoms with van der Waals surface area (Å²) in [4.78, 5) is 27.4. The Kier molecular flexibility index (Phi) is 7.55. The standard InChI is InChI=1S/C17H18ClN3O4S/c1-3-24-15(22)8-12-10-26-17(20-12)21-19-9-11-5-6-13(14(18)7-11)16(23)25-4-2/h5-7,9-10H,3-4,8H2,1-2H3,(H,20,21). The molecular weight excluding hydrogens is 378 g/mol. The van der Waals surface area contributed by atoms with Crippen molar-refractivity contribution < 1.29 is 19.1 Å². The molecule has 0 saturated carbocycles. The number of thiazole rings is 1. The number of hydrogen-bond acceptors (Lipinski definition) is 8. The normalized spacial score (nSPS) is 10.7. The Labute approximate surface area is 160 Å². The van der Waals surface area contributed by atoms with Gasteiger partial charge in [0, 0.05) is 5.38 Å². The summed E-state index contributed by atoms with van der Waals surface area (Å²) in [5.74, 6) is -0.778. The van der Waals surface area contributed by atoms with Gasteiger partial charge in [-0.1, -0.05) is 17.7 Å². The lowest BCUT2D eigenvalue weighted by molar-refractivity contribution is -0.142. The molecule has 1 aromatic heterocycles. The minimum Gasteiger partial charge on any atom is -0.466 e. The minimum atomic E-state index is -0.462. The number of ether oxygens (including phenoxy) is 2. The summed E-state index contributed by atoms with van der Waals surface area (Å²) in [6.45, 7) is 4.12. The number of benzene rings is 1.